The Balaban J connectivity index is 2.14. The quantitative estimate of drug-likeness (QED) is 0.720. The van der Waals surface area contributed by atoms with Crippen LogP contribution in [-0.4, -0.2) is 9.97 Å². The largest absolute Gasteiger partial charge is 0.225 e. The van der Waals surface area contributed by atoms with Gasteiger partial charge in [0, 0.05) is 12.1 Å². The molecule has 0 fully saturated rings. The molecule has 17 heavy (non-hydrogen) atoms. The molecule has 3 rings (SSSR count). The normalized spacial score (nSPS) is 23.4. The van der Waals surface area contributed by atoms with Crippen LogP contribution in [0.15, 0.2) is 35.9 Å². The molecule has 1 unspecified atom stereocenters. The Morgan fingerprint density at radius 1 is 1.29 bits per heavy atom. The molecule has 0 N–H and O–H groups in total. The van der Waals surface area contributed by atoms with E-state index in [2.05, 4.69) is 46.6 Å². The molecule has 4 heteroatoms. The predicted octanol–water partition coefficient (Wildman–Crippen LogP) is 4.19. The summed E-state index contributed by atoms with van der Waals surface area (Å²) in [4.78, 5) is 8.37. The fraction of sp³-hybridized carbons (Fsp3) is 0.231. The zero-order chi connectivity index (χ0) is 11.8. The summed E-state index contributed by atoms with van der Waals surface area (Å²) < 4.78 is 1.10. The molecule has 0 saturated heterocycles. The van der Waals surface area contributed by atoms with E-state index in [0.29, 0.717) is 17.1 Å². The van der Waals surface area contributed by atoms with Crippen molar-refractivity contribution in [2.75, 3.05) is 0 Å². The van der Waals surface area contributed by atoms with Crippen molar-refractivity contribution in [2.24, 2.45) is 5.92 Å². The minimum Gasteiger partial charge on any atom is -0.225 e. The van der Waals surface area contributed by atoms with Gasteiger partial charge in [-0.25, -0.2) is 9.97 Å². The van der Waals surface area contributed by atoms with Crippen LogP contribution in [0.4, 0.5) is 0 Å². The molecule has 2 heterocycles. The van der Waals surface area contributed by atoms with Crippen molar-refractivity contribution in [2.45, 2.75) is 12.8 Å². The Labute approximate surface area is 109 Å². The lowest BCUT2D eigenvalue weighted by Gasteiger charge is -2.19. The highest BCUT2D eigenvalue weighted by molar-refractivity contribution is 7.17. The summed E-state index contributed by atoms with van der Waals surface area (Å²) in [7, 11) is 0. The molecule has 0 spiro atoms. The number of aromatic nitrogens is 2. The van der Waals surface area contributed by atoms with Gasteiger partial charge in [-0.1, -0.05) is 31.2 Å². The molecule has 2 aromatic rings. The number of nitrogens with zero attached hydrogens (tertiary/aromatic N) is 2. The molecule has 86 valence electrons. The van der Waals surface area contributed by atoms with Crippen molar-refractivity contribution in [3.63, 3.8) is 0 Å². The molecule has 0 aromatic carbocycles. The van der Waals surface area contributed by atoms with Crippen molar-refractivity contribution in [1.82, 2.24) is 9.97 Å². The van der Waals surface area contributed by atoms with Gasteiger partial charge in [-0.3, -0.25) is 0 Å². The molecule has 0 radical (unpaired) electrons. The molecule has 1 aliphatic rings. The minimum atomic E-state index is 0.320. The molecule has 0 aliphatic heterocycles. The average Bonchev–Trinajstić information content (AvgIpc) is 2.72. The molecule has 0 saturated carbocycles. The van der Waals surface area contributed by atoms with E-state index in [-0.39, 0.29) is 0 Å². The van der Waals surface area contributed by atoms with Gasteiger partial charge in [-0.15, -0.1) is 11.3 Å². The van der Waals surface area contributed by atoms with E-state index in [1.54, 1.807) is 17.5 Å². The number of hydrogen-bond donors (Lipinski definition) is 0. The highest BCUT2D eigenvalue weighted by atomic mass is 35.5. The van der Waals surface area contributed by atoms with Gasteiger partial charge >= 0.3 is 0 Å². The van der Waals surface area contributed by atoms with Crippen LogP contribution in [0, 0.1) is 5.92 Å². The van der Waals surface area contributed by atoms with Crippen LogP contribution in [0.1, 0.15) is 18.4 Å². The Morgan fingerprint density at radius 2 is 2.12 bits per heavy atom. The average molecular weight is 263 g/mol. The van der Waals surface area contributed by atoms with Crippen LogP contribution in [-0.2, 0) is 0 Å². The van der Waals surface area contributed by atoms with E-state index >= 15 is 0 Å². The third-order valence-corrected chi connectivity index (χ3v) is 4.19. The van der Waals surface area contributed by atoms with Crippen molar-refractivity contribution in [3.05, 3.63) is 46.7 Å². The van der Waals surface area contributed by atoms with E-state index in [1.165, 1.54) is 5.56 Å². The highest BCUT2D eigenvalue weighted by Gasteiger charge is 2.20. The molecule has 2 atom stereocenters. The van der Waals surface area contributed by atoms with E-state index in [4.69, 9.17) is 11.6 Å². The number of thiophene rings is 1. The monoisotopic (exact) mass is 262 g/mol. The van der Waals surface area contributed by atoms with E-state index < -0.39 is 0 Å². The SMILES string of the molecule is C[C@H]1C=CC=CC1c1csc2cnc(Cl)nc12. The summed E-state index contributed by atoms with van der Waals surface area (Å²) in [6.45, 7) is 2.22. The predicted molar refractivity (Wildman–Crippen MR) is 72.6 cm³/mol. The summed E-state index contributed by atoms with van der Waals surface area (Å²) in [6.07, 6.45) is 10.4. The Morgan fingerprint density at radius 3 is 2.94 bits per heavy atom. The maximum absolute atomic E-state index is 5.87. The first-order valence-corrected chi connectivity index (χ1v) is 6.76. The Kier molecular flexibility index (Phi) is 2.73. The standard InChI is InChI=1S/C13H11ClN2S/c1-8-4-2-3-5-9(8)10-7-17-11-6-15-13(14)16-12(10)11/h2-9H,1H3/t8-,9?/m0/s1. The first-order valence-electron chi connectivity index (χ1n) is 5.50. The van der Waals surface area contributed by atoms with Crippen LogP contribution in [0.3, 0.4) is 0 Å². The topological polar surface area (TPSA) is 25.8 Å². The molecule has 1 aliphatic carbocycles. The fourth-order valence-electron chi connectivity index (χ4n) is 2.17. The zero-order valence-corrected chi connectivity index (χ0v) is 10.9. The Bertz CT molecular complexity index is 615. The summed E-state index contributed by atoms with van der Waals surface area (Å²) in [5.74, 6) is 0.881. The number of fused-ring (bicyclic) bond motifs is 1. The van der Waals surface area contributed by atoms with Gasteiger partial charge in [0.2, 0.25) is 5.28 Å². The molecule has 2 nitrogen and oxygen atoms in total. The second-order valence-electron chi connectivity index (χ2n) is 4.20. The van der Waals surface area contributed by atoms with Crippen molar-refractivity contribution >= 4 is 33.2 Å². The van der Waals surface area contributed by atoms with Crippen molar-refractivity contribution in [1.29, 1.82) is 0 Å². The summed E-state index contributed by atoms with van der Waals surface area (Å²) in [5.41, 5.74) is 2.24. The number of halogens is 1. The van der Waals surface area contributed by atoms with Gasteiger partial charge in [0.1, 0.15) is 0 Å². The van der Waals surface area contributed by atoms with Gasteiger partial charge in [0.05, 0.1) is 10.2 Å². The van der Waals surface area contributed by atoms with Crippen molar-refractivity contribution in [3.8, 4) is 0 Å². The highest BCUT2D eigenvalue weighted by Crippen LogP contribution is 2.36. The van der Waals surface area contributed by atoms with E-state index in [1.807, 2.05) is 0 Å². The number of allylic oxidation sites excluding steroid dienone is 4. The molecule has 0 bridgehead atoms. The van der Waals surface area contributed by atoms with Crippen LogP contribution >= 0.6 is 22.9 Å². The molecular weight excluding hydrogens is 252 g/mol. The van der Waals surface area contributed by atoms with Gasteiger partial charge < -0.3 is 0 Å². The fourth-order valence-corrected chi connectivity index (χ4v) is 3.21. The second kappa shape index (κ2) is 4.24. The lowest BCUT2D eigenvalue weighted by molar-refractivity contribution is 0.639. The van der Waals surface area contributed by atoms with Gasteiger partial charge in [-0.05, 0) is 28.5 Å². The summed E-state index contributed by atoms with van der Waals surface area (Å²) in [6, 6.07) is 0. The van der Waals surface area contributed by atoms with Crippen molar-refractivity contribution < 1.29 is 0 Å². The molecule has 2 aromatic heterocycles. The smallest absolute Gasteiger partial charge is 0.222 e. The van der Waals surface area contributed by atoms with Crippen LogP contribution < -0.4 is 0 Å². The third kappa shape index (κ3) is 1.90. The van der Waals surface area contributed by atoms with Crippen LogP contribution in [0.5, 0.6) is 0 Å². The summed E-state index contributed by atoms with van der Waals surface area (Å²) >= 11 is 7.55. The summed E-state index contributed by atoms with van der Waals surface area (Å²) in [5, 5.41) is 2.49. The number of rotatable bonds is 1. The molecular formula is C13H11ClN2S. The first-order chi connectivity index (χ1) is 8.25. The maximum Gasteiger partial charge on any atom is 0.222 e. The van der Waals surface area contributed by atoms with Crippen LogP contribution in [0.25, 0.3) is 10.2 Å². The van der Waals surface area contributed by atoms with Gasteiger partial charge in [0.15, 0.2) is 0 Å². The zero-order valence-electron chi connectivity index (χ0n) is 9.30. The maximum atomic E-state index is 5.87. The Hall–Kier alpha value is -1.19. The van der Waals surface area contributed by atoms with Gasteiger partial charge in [0.25, 0.3) is 0 Å². The van der Waals surface area contributed by atoms with Crippen LogP contribution in [0.2, 0.25) is 5.28 Å². The first kappa shape index (κ1) is 10.9. The lowest BCUT2D eigenvalue weighted by Crippen LogP contribution is -2.07. The number of hydrogen-bond acceptors (Lipinski definition) is 3. The van der Waals surface area contributed by atoms with E-state index in [0.717, 1.165) is 10.2 Å². The van der Waals surface area contributed by atoms with E-state index in [9.17, 15) is 0 Å². The molecule has 0 amide bonds. The third-order valence-electron chi connectivity index (χ3n) is 3.08. The second-order valence-corrected chi connectivity index (χ2v) is 5.45. The lowest BCUT2D eigenvalue weighted by atomic mass is 9.85. The van der Waals surface area contributed by atoms with Gasteiger partial charge in [-0.2, -0.15) is 0 Å². The minimum absolute atomic E-state index is 0.320.